The fourth-order valence-corrected chi connectivity index (χ4v) is 3.67. The van der Waals surface area contributed by atoms with Crippen molar-refractivity contribution in [2.45, 2.75) is 26.2 Å². The minimum atomic E-state index is -0.606. The first-order chi connectivity index (χ1) is 16.2. The van der Waals surface area contributed by atoms with Crippen LogP contribution in [0.2, 0.25) is 0 Å². The predicted molar refractivity (Wildman–Crippen MR) is 129 cm³/mol. The Bertz CT molecular complexity index is 1200. The summed E-state index contributed by atoms with van der Waals surface area (Å²) >= 11 is 0. The van der Waals surface area contributed by atoms with E-state index in [0.29, 0.717) is 23.7 Å². The molecule has 0 bridgehead atoms. The molecule has 0 unspecified atom stereocenters. The zero-order valence-electron chi connectivity index (χ0n) is 19.4. The first-order valence-corrected chi connectivity index (χ1v) is 11.1. The molecule has 0 saturated carbocycles. The molecule has 176 valence electrons. The lowest BCUT2D eigenvalue weighted by atomic mass is 9.87. The third-order valence-corrected chi connectivity index (χ3v) is 5.58. The van der Waals surface area contributed by atoms with Crippen LogP contribution in [0.3, 0.4) is 0 Å². The first-order valence-electron chi connectivity index (χ1n) is 11.1. The van der Waals surface area contributed by atoms with Crippen LogP contribution in [0, 0.1) is 5.82 Å². The number of rotatable bonds is 6. The van der Waals surface area contributed by atoms with E-state index in [1.54, 1.807) is 29.2 Å². The van der Waals surface area contributed by atoms with E-state index in [0.717, 1.165) is 5.75 Å². The van der Waals surface area contributed by atoms with Gasteiger partial charge in [0, 0.05) is 5.69 Å². The van der Waals surface area contributed by atoms with Crippen molar-refractivity contribution in [2.24, 2.45) is 0 Å². The van der Waals surface area contributed by atoms with Crippen LogP contribution >= 0.6 is 0 Å². The highest BCUT2D eigenvalue weighted by atomic mass is 19.1. The van der Waals surface area contributed by atoms with Gasteiger partial charge < -0.3 is 19.7 Å². The largest absolute Gasteiger partial charge is 0.492 e. The van der Waals surface area contributed by atoms with Gasteiger partial charge in [-0.1, -0.05) is 45.0 Å². The molecular weight excluding hydrogens is 435 g/mol. The minimum absolute atomic E-state index is 0.0574. The third kappa shape index (κ3) is 5.20. The molecule has 4 rings (SSSR count). The van der Waals surface area contributed by atoms with Gasteiger partial charge in [0.1, 0.15) is 23.9 Å². The molecule has 0 atom stereocenters. The van der Waals surface area contributed by atoms with Crippen molar-refractivity contribution >= 4 is 23.2 Å². The topological polar surface area (TPSA) is 67.9 Å². The van der Waals surface area contributed by atoms with Crippen molar-refractivity contribution in [3.8, 4) is 11.5 Å². The summed E-state index contributed by atoms with van der Waals surface area (Å²) in [6, 6.07) is 18.6. The smallest absolute Gasteiger partial charge is 0.265 e. The number of carbonyl (C=O) groups is 2. The van der Waals surface area contributed by atoms with E-state index in [1.807, 2.05) is 24.3 Å². The molecule has 0 saturated heterocycles. The Kier molecular flexibility index (Phi) is 6.54. The van der Waals surface area contributed by atoms with Crippen molar-refractivity contribution in [3.63, 3.8) is 0 Å². The summed E-state index contributed by atoms with van der Waals surface area (Å²) in [5, 5.41) is 2.68. The van der Waals surface area contributed by atoms with E-state index in [-0.39, 0.29) is 30.1 Å². The van der Waals surface area contributed by atoms with E-state index in [9.17, 15) is 14.0 Å². The maximum Gasteiger partial charge on any atom is 0.265 e. The first kappa shape index (κ1) is 23.3. The summed E-state index contributed by atoms with van der Waals surface area (Å²) in [7, 11) is 0. The van der Waals surface area contributed by atoms with Gasteiger partial charge in [-0.3, -0.25) is 9.59 Å². The number of nitrogens with zero attached hydrogens (tertiary/aromatic N) is 1. The Morgan fingerprint density at radius 2 is 1.82 bits per heavy atom. The molecule has 1 heterocycles. The normalized spacial score (nSPS) is 13.2. The van der Waals surface area contributed by atoms with Gasteiger partial charge in [0.2, 0.25) is 0 Å². The number of fused-ring (bicyclic) bond motifs is 1. The average Bonchev–Trinajstić information content (AvgIpc) is 2.80. The molecule has 34 heavy (non-hydrogen) atoms. The van der Waals surface area contributed by atoms with Crippen molar-refractivity contribution in [1.82, 2.24) is 0 Å². The maximum absolute atomic E-state index is 13.9. The van der Waals surface area contributed by atoms with Gasteiger partial charge in [-0.2, -0.15) is 0 Å². The monoisotopic (exact) mass is 462 g/mol. The lowest BCUT2D eigenvalue weighted by Crippen LogP contribution is -2.41. The van der Waals surface area contributed by atoms with Gasteiger partial charge in [0.15, 0.2) is 6.61 Å². The molecule has 0 radical (unpaired) electrons. The molecule has 0 fully saturated rings. The number of ether oxygens (including phenoxy) is 2. The zero-order chi connectivity index (χ0) is 24.3. The minimum Gasteiger partial charge on any atom is -0.492 e. The summed E-state index contributed by atoms with van der Waals surface area (Å²) in [5.41, 5.74) is 2.16. The number of carbonyl (C=O) groups excluding carboxylic acids is 2. The molecule has 1 aliphatic heterocycles. The molecular formula is C27H27FN2O4. The molecule has 3 aromatic rings. The quantitative estimate of drug-likeness (QED) is 0.548. The average molecular weight is 463 g/mol. The molecule has 0 aromatic heterocycles. The van der Waals surface area contributed by atoms with E-state index in [2.05, 4.69) is 26.1 Å². The Hall–Kier alpha value is -3.87. The second kappa shape index (κ2) is 9.55. The number of halogens is 1. The van der Waals surface area contributed by atoms with E-state index < -0.39 is 11.7 Å². The summed E-state index contributed by atoms with van der Waals surface area (Å²) < 4.78 is 25.3. The van der Waals surface area contributed by atoms with Crippen LogP contribution in [0.1, 0.15) is 36.7 Å². The summed E-state index contributed by atoms with van der Waals surface area (Å²) in [6.07, 6.45) is 0. The van der Waals surface area contributed by atoms with Crippen LogP contribution in [0.25, 0.3) is 0 Å². The fraction of sp³-hybridized carbons (Fsp3) is 0.259. The molecule has 1 aliphatic rings. The number of hydrogen-bond donors (Lipinski definition) is 1. The maximum atomic E-state index is 13.9. The lowest BCUT2D eigenvalue weighted by molar-refractivity contribution is -0.121. The van der Waals surface area contributed by atoms with Crippen LogP contribution < -0.4 is 19.7 Å². The Morgan fingerprint density at radius 3 is 2.53 bits per heavy atom. The van der Waals surface area contributed by atoms with E-state index >= 15 is 0 Å². The second-order valence-corrected chi connectivity index (χ2v) is 9.07. The van der Waals surface area contributed by atoms with Crippen LogP contribution in [0.5, 0.6) is 11.5 Å². The van der Waals surface area contributed by atoms with Crippen LogP contribution in [0.15, 0.2) is 66.7 Å². The van der Waals surface area contributed by atoms with Gasteiger partial charge in [0.25, 0.3) is 11.8 Å². The predicted octanol–water partition coefficient (Wildman–Crippen LogP) is 5.18. The van der Waals surface area contributed by atoms with Crippen molar-refractivity contribution in [3.05, 3.63) is 83.7 Å². The summed E-state index contributed by atoms with van der Waals surface area (Å²) in [6.45, 7) is 6.97. The van der Waals surface area contributed by atoms with Crippen molar-refractivity contribution in [1.29, 1.82) is 0 Å². The third-order valence-electron chi connectivity index (χ3n) is 5.58. The molecule has 0 aliphatic carbocycles. The molecule has 3 aromatic carbocycles. The van der Waals surface area contributed by atoms with Gasteiger partial charge in [0.05, 0.1) is 17.8 Å². The Morgan fingerprint density at radius 1 is 1.09 bits per heavy atom. The highest BCUT2D eigenvalue weighted by molar-refractivity contribution is 6.05. The van der Waals surface area contributed by atoms with Gasteiger partial charge in [-0.05, 0) is 53.4 Å². The SMILES string of the molecule is CC(C)(C)c1ccc(OCCN2C(=O)COc3ccc(NC(=O)c4ccccc4F)cc32)cc1. The molecule has 1 N–H and O–H groups in total. The van der Waals surface area contributed by atoms with Crippen LogP contribution in [-0.4, -0.2) is 31.6 Å². The Labute approximate surface area is 198 Å². The number of hydrogen-bond acceptors (Lipinski definition) is 4. The van der Waals surface area contributed by atoms with Gasteiger partial charge in [-0.25, -0.2) is 4.39 Å². The van der Waals surface area contributed by atoms with Crippen molar-refractivity contribution in [2.75, 3.05) is 30.0 Å². The fourth-order valence-electron chi connectivity index (χ4n) is 3.67. The Balaban J connectivity index is 1.45. The van der Waals surface area contributed by atoms with E-state index in [1.165, 1.54) is 23.8 Å². The standard InChI is InChI=1S/C27H27FN2O4/c1-27(2,3)18-8-11-20(12-9-18)33-15-14-30-23-16-19(10-13-24(23)34-17-25(30)31)29-26(32)21-6-4-5-7-22(21)28/h4-13,16H,14-15,17H2,1-3H3,(H,29,32). The highest BCUT2D eigenvalue weighted by Gasteiger charge is 2.26. The highest BCUT2D eigenvalue weighted by Crippen LogP contribution is 2.34. The second-order valence-electron chi connectivity index (χ2n) is 9.07. The van der Waals surface area contributed by atoms with Crippen LogP contribution in [0.4, 0.5) is 15.8 Å². The van der Waals surface area contributed by atoms with E-state index in [4.69, 9.17) is 9.47 Å². The number of anilines is 2. The summed E-state index contributed by atoms with van der Waals surface area (Å²) in [5.74, 6) is -0.143. The molecule has 7 heteroatoms. The number of nitrogens with one attached hydrogen (secondary N) is 1. The number of benzene rings is 3. The van der Waals surface area contributed by atoms with Gasteiger partial charge in [-0.15, -0.1) is 0 Å². The molecule has 6 nitrogen and oxygen atoms in total. The summed E-state index contributed by atoms with van der Waals surface area (Å²) in [4.78, 5) is 26.6. The van der Waals surface area contributed by atoms with Crippen LogP contribution in [-0.2, 0) is 10.2 Å². The van der Waals surface area contributed by atoms with Crippen molar-refractivity contribution < 1.29 is 23.5 Å². The molecule has 2 amide bonds. The van der Waals surface area contributed by atoms with Gasteiger partial charge >= 0.3 is 0 Å². The molecule has 0 spiro atoms. The zero-order valence-corrected chi connectivity index (χ0v) is 19.4. The lowest BCUT2D eigenvalue weighted by Gasteiger charge is -2.29. The number of amides is 2.